The van der Waals surface area contributed by atoms with Gasteiger partial charge in [0.25, 0.3) is 5.95 Å². The molecule has 1 aromatic heterocycles. The van der Waals surface area contributed by atoms with Crippen molar-refractivity contribution < 1.29 is 14.3 Å². The fourth-order valence-electron chi connectivity index (χ4n) is 1.89. The Labute approximate surface area is 114 Å². The molecule has 104 valence electrons. The molecule has 0 saturated heterocycles. The molecule has 1 aliphatic heterocycles. The van der Waals surface area contributed by atoms with E-state index in [0.717, 1.165) is 12.0 Å². The van der Waals surface area contributed by atoms with Crippen LogP contribution in [0.5, 0.6) is 11.5 Å². The summed E-state index contributed by atoms with van der Waals surface area (Å²) in [5.74, 6) is 1.32. The fourth-order valence-corrected chi connectivity index (χ4v) is 1.89. The Bertz CT molecular complexity index is 599. The molecule has 20 heavy (non-hydrogen) atoms. The summed E-state index contributed by atoms with van der Waals surface area (Å²) in [5, 5.41) is 15.5. The van der Waals surface area contributed by atoms with Gasteiger partial charge in [-0.25, -0.2) is 0 Å². The SMILES string of the molecule is O=C(Cc1ccc2c(c1)OCCCO2)Nc1nn[nH]n1. The Morgan fingerprint density at radius 2 is 2.15 bits per heavy atom. The number of nitrogens with one attached hydrogen (secondary N) is 2. The van der Waals surface area contributed by atoms with E-state index in [2.05, 4.69) is 25.9 Å². The molecule has 0 spiro atoms. The van der Waals surface area contributed by atoms with Crippen LogP contribution in [0.1, 0.15) is 12.0 Å². The molecule has 2 heterocycles. The second-order valence-corrected chi connectivity index (χ2v) is 4.29. The number of aromatic amines is 1. The zero-order valence-corrected chi connectivity index (χ0v) is 10.6. The summed E-state index contributed by atoms with van der Waals surface area (Å²) in [6.45, 7) is 1.26. The third kappa shape index (κ3) is 2.85. The highest BCUT2D eigenvalue weighted by atomic mass is 16.5. The number of benzene rings is 1. The van der Waals surface area contributed by atoms with Crippen LogP contribution in [-0.2, 0) is 11.2 Å². The number of carbonyl (C=O) groups excluding carboxylic acids is 1. The third-order valence-electron chi connectivity index (χ3n) is 2.77. The van der Waals surface area contributed by atoms with Crippen LogP contribution >= 0.6 is 0 Å². The molecular formula is C12H13N5O3. The summed E-state index contributed by atoms with van der Waals surface area (Å²) in [7, 11) is 0. The van der Waals surface area contributed by atoms with Crippen LogP contribution in [0.4, 0.5) is 5.95 Å². The van der Waals surface area contributed by atoms with Crippen molar-refractivity contribution >= 4 is 11.9 Å². The van der Waals surface area contributed by atoms with E-state index in [1.165, 1.54) is 0 Å². The number of fused-ring (bicyclic) bond motifs is 1. The van der Waals surface area contributed by atoms with Crippen molar-refractivity contribution in [1.82, 2.24) is 20.6 Å². The lowest BCUT2D eigenvalue weighted by Gasteiger charge is -2.09. The minimum atomic E-state index is -0.221. The van der Waals surface area contributed by atoms with Crippen LogP contribution in [-0.4, -0.2) is 39.7 Å². The molecule has 8 nitrogen and oxygen atoms in total. The van der Waals surface area contributed by atoms with Crippen LogP contribution in [0, 0.1) is 0 Å². The summed E-state index contributed by atoms with van der Waals surface area (Å²) in [5.41, 5.74) is 0.829. The number of nitrogens with zero attached hydrogens (tertiary/aromatic N) is 3. The summed E-state index contributed by atoms with van der Waals surface area (Å²) < 4.78 is 11.1. The van der Waals surface area contributed by atoms with Crippen LogP contribution in [0.15, 0.2) is 18.2 Å². The van der Waals surface area contributed by atoms with Gasteiger partial charge in [0, 0.05) is 6.42 Å². The number of rotatable bonds is 3. The Morgan fingerprint density at radius 1 is 1.30 bits per heavy atom. The van der Waals surface area contributed by atoms with Gasteiger partial charge in [0.1, 0.15) is 0 Å². The van der Waals surface area contributed by atoms with E-state index in [1.54, 1.807) is 0 Å². The molecule has 0 unspecified atom stereocenters. The molecular weight excluding hydrogens is 262 g/mol. The topological polar surface area (TPSA) is 102 Å². The van der Waals surface area contributed by atoms with Gasteiger partial charge in [-0.2, -0.15) is 5.21 Å². The van der Waals surface area contributed by atoms with Gasteiger partial charge in [-0.15, -0.1) is 5.10 Å². The fraction of sp³-hybridized carbons (Fsp3) is 0.333. The number of aromatic nitrogens is 4. The summed E-state index contributed by atoms with van der Waals surface area (Å²) in [4.78, 5) is 11.8. The molecule has 1 aliphatic rings. The van der Waals surface area contributed by atoms with E-state index in [1.807, 2.05) is 18.2 Å². The van der Waals surface area contributed by atoms with Crippen molar-refractivity contribution in [3.05, 3.63) is 23.8 Å². The van der Waals surface area contributed by atoms with E-state index in [9.17, 15) is 4.79 Å². The predicted octanol–water partition coefficient (Wildman–Crippen LogP) is 0.542. The van der Waals surface area contributed by atoms with Crippen LogP contribution in [0.3, 0.4) is 0 Å². The number of hydrogen-bond donors (Lipinski definition) is 2. The molecule has 2 N–H and O–H groups in total. The Morgan fingerprint density at radius 3 is 2.95 bits per heavy atom. The van der Waals surface area contributed by atoms with Crippen LogP contribution in [0.2, 0.25) is 0 Å². The number of carbonyl (C=O) groups is 1. The number of anilines is 1. The summed E-state index contributed by atoms with van der Waals surface area (Å²) in [6, 6.07) is 5.47. The normalized spacial score (nSPS) is 13.6. The molecule has 0 aliphatic carbocycles. The maximum absolute atomic E-state index is 11.8. The van der Waals surface area contributed by atoms with Gasteiger partial charge in [0.2, 0.25) is 5.91 Å². The molecule has 1 aromatic carbocycles. The maximum Gasteiger partial charge on any atom is 0.269 e. The molecule has 0 atom stereocenters. The van der Waals surface area contributed by atoms with Crippen molar-refractivity contribution in [3.63, 3.8) is 0 Å². The minimum absolute atomic E-state index is 0.157. The van der Waals surface area contributed by atoms with Crippen molar-refractivity contribution in [3.8, 4) is 11.5 Å². The Balaban J connectivity index is 1.68. The molecule has 1 amide bonds. The first-order valence-corrected chi connectivity index (χ1v) is 6.23. The molecule has 3 rings (SSSR count). The van der Waals surface area contributed by atoms with Gasteiger partial charge in [-0.05, 0) is 22.9 Å². The first kappa shape index (κ1) is 12.4. The predicted molar refractivity (Wildman–Crippen MR) is 68.6 cm³/mol. The first-order valence-electron chi connectivity index (χ1n) is 6.23. The summed E-state index contributed by atoms with van der Waals surface area (Å²) >= 11 is 0. The minimum Gasteiger partial charge on any atom is -0.490 e. The molecule has 2 aromatic rings. The van der Waals surface area contributed by atoms with Crippen LogP contribution < -0.4 is 14.8 Å². The zero-order valence-electron chi connectivity index (χ0n) is 10.6. The Hall–Kier alpha value is -2.64. The smallest absolute Gasteiger partial charge is 0.269 e. The standard InChI is InChI=1S/C12H13N5O3/c18-11(13-12-14-16-17-15-12)7-8-2-3-9-10(6-8)20-5-1-4-19-9/h2-3,6H,1,4-5,7H2,(H2,13,14,15,16,17,18). The lowest BCUT2D eigenvalue weighted by atomic mass is 10.1. The van der Waals surface area contributed by atoms with Gasteiger partial charge < -0.3 is 9.47 Å². The average Bonchev–Trinajstić information content (AvgIpc) is 2.82. The lowest BCUT2D eigenvalue weighted by Crippen LogP contribution is -2.15. The molecule has 0 radical (unpaired) electrons. The monoisotopic (exact) mass is 275 g/mol. The maximum atomic E-state index is 11.8. The molecule has 0 fully saturated rings. The van der Waals surface area contributed by atoms with Gasteiger partial charge in [0.15, 0.2) is 11.5 Å². The second-order valence-electron chi connectivity index (χ2n) is 4.29. The van der Waals surface area contributed by atoms with Crippen molar-refractivity contribution in [1.29, 1.82) is 0 Å². The van der Waals surface area contributed by atoms with E-state index in [-0.39, 0.29) is 18.3 Å². The van der Waals surface area contributed by atoms with Gasteiger partial charge in [0.05, 0.1) is 19.6 Å². The molecule has 0 saturated carbocycles. The third-order valence-corrected chi connectivity index (χ3v) is 2.77. The zero-order chi connectivity index (χ0) is 13.8. The van der Waals surface area contributed by atoms with Gasteiger partial charge in [-0.3, -0.25) is 10.1 Å². The highest BCUT2D eigenvalue weighted by Gasteiger charge is 2.13. The number of hydrogen-bond acceptors (Lipinski definition) is 6. The summed E-state index contributed by atoms with van der Waals surface area (Å²) in [6.07, 6.45) is 1.05. The quantitative estimate of drug-likeness (QED) is 0.847. The van der Waals surface area contributed by atoms with Gasteiger partial charge in [-0.1, -0.05) is 11.2 Å². The van der Waals surface area contributed by atoms with E-state index in [4.69, 9.17) is 9.47 Å². The number of amides is 1. The van der Waals surface area contributed by atoms with Crippen molar-refractivity contribution in [2.45, 2.75) is 12.8 Å². The molecule has 0 bridgehead atoms. The number of tetrazole rings is 1. The van der Waals surface area contributed by atoms with Gasteiger partial charge >= 0.3 is 0 Å². The van der Waals surface area contributed by atoms with E-state index in [0.29, 0.717) is 24.7 Å². The average molecular weight is 275 g/mol. The van der Waals surface area contributed by atoms with Crippen molar-refractivity contribution in [2.75, 3.05) is 18.5 Å². The first-order chi connectivity index (χ1) is 9.81. The van der Waals surface area contributed by atoms with E-state index >= 15 is 0 Å². The Kier molecular flexibility index (Phi) is 3.44. The van der Waals surface area contributed by atoms with E-state index < -0.39 is 0 Å². The number of ether oxygens (including phenoxy) is 2. The highest BCUT2D eigenvalue weighted by Crippen LogP contribution is 2.30. The largest absolute Gasteiger partial charge is 0.490 e. The van der Waals surface area contributed by atoms with Crippen LogP contribution in [0.25, 0.3) is 0 Å². The van der Waals surface area contributed by atoms with Crippen molar-refractivity contribution in [2.24, 2.45) is 0 Å². The second kappa shape index (κ2) is 5.55. The number of H-pyrrole nitrogens is 1. The molecule has 8 heteroatoms. The lowest BCUT2D eigenvalue weighted by molar-refractivity contribution is -0.115. The highest BCUT2D eigenvalue weighted by molar-refractivity contribution is 5.90.